The van der Waals surface area contributed by atoms with Gasteiger partial charge in [-0.2, -0.15) is 0 Å². The maximum atomic E-state index is 6.08. The third kappa shape index (κ3) is 3.47. The summed E-state index contributed by atoms with van der Waals surface area (Å²) in [5.41, 5.74) is 9.60. The highest BCUT2D eigenvalue weighted by Gasteiger charge is 2.11. The molecule has 0 saturated carbocycles. The average Bonchev–Trinajstić information content (AvgIpc) is 2.54. The zero-order valence-corrected chi connectivity index (χ0v) is 13.2. The van der Waals surface area contributed by atoms with E-state index in [1.165, 1.54) is 0 Å². The fraction of sp³-hybridized carbons (Fsp3) is 0.0556. The van der Waals surface area contributed by atoms with E-state index in [0.717, 1.165) is 22.4 Å². The number of halogens is 1. The lowest BCUT2D eigenvalue weighted by molar-refractivity contribution is 1.11. The molecule has 0 fully saturated rings. The zero-order valence-electron chi connectivity index (χ0n) is 12.4. The number of nitrogens with two attached hydrogens (primary N) is 1. The second-order valence-electron chi connectivity index (χ2n) is 4.89. The van der Waals surface area contributed by atoms with Crippen LogP contribution in [0, 0.1) is 18.8 Å². The molecule has 2 N–H and O–H groups in total. The van der Waals surface area contributed by atoms with Crippen molar-refractivity contribution in [2.75, 3.05) is 5.73 Å². The lowest BCUT2D eigenvalue weighted by Gasteiger charge is -2.08. The zero-order chi connectivity index (χ0) is 16.2. The van der Waals surface area contributed by atoms with Crippen LogP contribution in [0.1, 0.15) is 16.8 Å². The van der Waals surface area contributed by atoms with Gasteiger partial charge in [0.2, 0.25) is 5.95 Å². The summed E-state index contributed by atoms with van der Waals surface area (Å²) >= 11 is 6.08. The van der Waals surface area contributed by atoms with Crippen LogP contribution in [-0.4, -0.2) is 15.0 Å². The van der Waals surface area contributed by atoms with Crippen molar-refractivity contribution in [3.63, 3.8) is 0 Å². The van der Waals surface area contributed by atoms with Gasteiger partial charge in [0.15, 0.2) is 0 Å². The molecule has 3 aromatic rings. The average molecular weight is 321 g/mol. The molecule has 0 aliphatic heterocycles. The predicted octanol–water partition coefficient (Wildman–Crippen LogP) is 3.48. The van der Waals surface area contributed by atoms with Gasteiger partial charge in [0, 0.05) is 28.5 Å². The van der Waals surface area contributed by atoms with Crippen LogP contribution < -0.4 is 5.73 Å². The minimum atomic E-state index is 0.212. The van der Waals surface area contributed by atoms with Crippen LogP contribution in [0.2, 0.25) is 5.02 Å². The molecule has 0 unspecified atom stereocenters. The van der Waals surface area contributed by atoms with Gasteiger partial charge in [-0.25, -0.2) is 9.97 Å². The van der Waals surface area contributed by atoms with E-state index in [9.17, 15) is 0 Å². The maximum absolute atomic E-state index is 6.08. The molecule has 0 bridgehead atoms. The molecule has 0 aliphatic rings. The molecule has 23 heavy (non-hydrogen) atoms. The van der Waals surface area contributed by atoms with Crippen LogP contribution in [0.3, 0.4) is 0 Å². The monoisotopic (exact) mass is 320 g/mol. The molecule has 1 aromatic carbocycles. The number of anilines is 1. The summed E-state index contributed by atoms with van der Waals surface area (Å²) in [6, 6.07) is 11.2. The number of pyridine rings is 1. The number of aromatic nitrogens is 3. The topological polar surface area (TPSA) is 64.7 Å². The third-order valence-electron chi connectivity index (χ3n) is 3.20. The Labute approximate surface area is 139 Å². The molecule has 112 valence electrons. The first-order valence-corrected chi connectivity index (χ1v) is 7.33. The molecule has 0 atom stereocenters. The number of benzene rings is 1. The van der Waals surface area contributed by atoms with Crippen molar-refractivity contribution in [1.29, 1.82) is 0 Å². The summed E-state index contributed by atoms with van der Waals surface area (Å²) in [4.78, 5) is 12.6. The van der Waals surface area contributed by atoms with E-state index in [0.29, 0.717) is 10.7 Å². The number of aryl methyl sites for hydroxylation is 1. The van der Waals surface area contributed by atoms with E-state index >= 15 is 0 Å². The van der Waals surface area contributed by atoms with Crippen molar-refractivity contribution in [3.05, 3.63) is 70.6 Å². The Morgan fingerprint density at radius 2 is 1.96 bits per heavy atom. The van der Waals surface area contributed by atoms with Crippen LogP contribution >= 0.6 is 11.6 Å². The maximum Gasteiger partial charge on any atom is 0.220 e. The second kappa shape index (κ2) is 6.47. The van der Waals surface area contributed by atoms with E-state index in [1.54, 1.807) is 12.4 Å². The van der Waals surface area contributed by atoms with Crippen LogP contribution in [0.15, 0.2) is 48.8 Å². The Balaban J connectivity index is 2.15. The van der Waals surface area contributed by atoms with Crippen LogP contribution in [0.25, 0.3) is 11.3 Å². The highest BCUT2D eigenvalue weighted by molar-refractivity contribution is 6.30. The fourth-order valence-electron chi connectivity index (χ4n) is 2.16. The lowest BCUT2D eigenvalue weighted by atomic mass is 10.0. The summed E-state index contributed by atoms with van der Waals surface area (Å²) in [7, 11) is 0. The summed E-state index contributed by atoms with van der Waals surface area (Å²) in [5.74, 6) is 6.42. The van der Waals surface area contributed by atoms with Gasteiger partial charge in [-0.1, -0.05) is 35.6 Å². The summed E-state index contributed by atoms with van der Waals surface area (Å²) in [6.07, 6.45) is 3.42. The first-order chi connectivity index (χ1) is 11.1. The second-order valence-corrected chi connectivity index (χ2v) is 5.33. The van der Waals surface area contributed by atoms with E-state index < -0.39 is 0 Å². The highest BCUT2D eigenvalue weighted by Crippen LogP contribution is 2.26. The molecular weight excluding hydrogens is 308 g/mol. The predicted molar refractivity (Wildman–Crippen MR) is 91.8 cm³/mol. The van der Waals surface area contributed by atoms with Crippen molar-refractivity contribution in [1.82, 2.24) is 15.0 Å². The van der Waals surface area contributed by atoms with Crippen molar-refractivity contribution in [2.24, 2.45) is 0 Å². The van der Waals surface area contributed by atoms with Crippen molar-refractivity contribution >= 4 is 17.5 Å². The van der Waals surface area contributed by atoms with Crippen LogP contribution in [0.5, 0.6) is 0 Å². The largest absolute Gasteiger partial charge is 0.368 e. The minimum Gasteiger partial charge on any atom is -0.368 e. The Hall–Kier alpha value is -2.90. The Morgan fingerprint density at radius 3 is 2.70 bits per heavy atom. The van der Waals surface area contributed by atoms with Crippen LogP contribution in [0.4, 0.5) is 5.95 Å². The minimum absolute atomic E-state index is 0.212. The molecule has 5 heteroatoms. The fourth-order valence-corrected chi connectivity index (χ4v) is 2.35. The molecule has 0 amide bonds. The SMILES string of the molecule is Cc1nc(N)nc(-c2cccc(Cl)c2)c1C#Cc1cccnc1. The number of nitrogen functional groups attached to an aromatic ring is 1. The lowest BCUT2D eigenvalue weighted by Crippen LogP contribution is -2.02. The first kappa shape index (κ1) is 15.0. The molecule has 0 spiro atoms. The van der Waals surface area contributed by atoms with E-state index in [2.05, 4.69) is 26.8 Å². The van der Waals surface area contributed by atoms with Gasteiger partial charge in [0.25, 0.3) is 0 Å². The van der Waals surface area contributed by atoms with Gasteiger partial charge < -0.3 is 5.73 Å². The molecule has 4 nitrogen and oxygen atoms in total. The Kier molecular flexibility index (Phi) is 4.22. The number of nitrogens with zero attached hydrogens (tertiary/aromatic N) is 3. The van der Waals surface area contributed by atoms with Crippen molar-refractivity contribution < 1.29 is 0 Å². The van der Waals surface area contributed by atoms with Crippen molar-refractivity contribution in [3.8, 4) is 23.1 Å². The summed E-state index contributed by atoms with van der Waals surface area (Å²) < 4.78 is 0. The molecule has 3 rings (SSSR count). The molecule has 0 aliphatic carbocycles. The smallest absolute Gasteiger partial charge is 0.220 e. The first-order valence-electron chi connectivity index (χ1n) is 6.95. The third-order valence-corrected chi connectivity index (χ3v) is 3.43. The highest BCUT2D eigenvalue weighted by atomic mass is 35.5. The van der Waals surface area contributed by atoms with Gasteiger partial charge in [-0.3, -0.25) is 4.98 Å². The number of rotatable bonds is 1. The van der Waals surface area contributed by atoms with E-state index in [1.807, 2.05) is 43.3 Å². The number of hydrogen-bond acceptors (Lipinski definition) is 4. The van der Waals surface area contributed by atoms with Gasteiger partial charge in [0.1, 0.15) is 0 Å². The Bertz CT molecular complexity index is 911. The summed E-state index contributed by atoms with van der Waals surface area (Å²) in [5, 5.41) is 0.628. The van der Waals surface area contributed by atoms with Crippen LogP contribution in [-0.2, 0) is 0 Å². The van der Waals surface area contributed by atoms with Gasteiger partial charge >= 0.3 is 0 Å². The quantitative estimate of drug-likeness (QED) is 0.697. The van der Waals surface area contributed by atoms with E-state index in [4.69, 9.17) is 17.3 Å². The van der Waals surface area contributed by atoms with Gasteiger partial charge in [0.05, 0.1) is 17.0 Å². The normalized spacial score (nSPS) is 10.0. The van der Waals surface area contributed by atoms with Gasteiger partial charge in [-0.05, 0) is 31.2 Å². The number of hydrogen-bond donors (Lipinski definition) is 1. The molecular formula is C18H13ClN4. The standard InChI is InChI=1S/C18H13ClN4/c1-12-16(8-7-13-4-3-9-21-11-13)17(23-18(20)22-12)14-5-2-6-15(19)10-14/h2-6,9-11H,1H3,(H2,20,22,23). The summed E-state index contributed by atoms with van der Waals surface area (Å²) in [6.45, 7) is 1.86. The molecule has 0 saturated heterocycles. The Morgan fingerprint density at radius 1 is 1.09 bits per heavy atom. The molecule has 0 radical (unpaired) electrons. The molecule has 2 heterocycles. The molecule has 2 aromatic heterocycles. The van der Waals surface area contributed by atoms with E-state index in [-0.39, 0.29) is 5.95 Å². The van der Waals surface area contributed by atoms with Gasteiger partial charge in [-0.15, -0.1) is 0 Å². The van der Waals surface area contributed by atoms with Crippen molar-refractivity contribution in [2.45, 2.75) is 6.92 Å².